The highest BCUT2D eigenvalue weighted by Crippen LogP contribution is 2.23. The van der Waals surface area contributed by atoms with Crippen molar-refractivity contribution in [1.29, 1.82) is 0 Å². The fourth-order valence-electron chi connectivity index (χ4n) is 3.75. The molecule has 3 rings (SSSR count). The summed E-state index contributed by atoms with van der Waals surface area (Å²) in [6.07, 6.45) is 2.61. The van der Waals surface area contributed by atoms with Crippen LogP contribution in [0.5, 0.6) is 0 Å². The van der Waals surface area contributed by atoms with Gasteiger partial charge in [-0.05, 0) is 64.4 Å². The third-order valence-corrected chi connectivity index (χ3v) is 5.47. The number of fused-ring (bicyclic) bond motifs is 1. The van der Waals surface area contributed by atoms with Gasteiger partial charge in [-0.1, -0.05) is 18.2 Å². The number of rotatable bonds is 3. The number of hydrogen-bond acceptors (Lipinski definition) is 3. The Balaban J connectivity index is 1.78. The fourth-order valence-corrected chi connectivity index (χ4v) is 3.75. The van der Waals surface area contributed by atoms with E-state index < -0.39 is 0 Å². The minimum Gasteiger partial charge on any atom is -0.352 e. The highest BCUT2D eigenvalue weighted by Gasteiger charge is 2.26. The van der Waals surface area contributed by atoms with Crippen LogP contribution in [0.1, 0.15) is 36.6 Å². The number of aryl methyl sites for hydroxylation is 2. The van der Waals surface area contributed by atoms with Gasteiger partial charge in [0.2, 0.25) is 5.91 Å². The van der Waals surface area contributed by atoms with E-state index in [1.165, 1.54) is 5.56 Å². The second-order valence-electron chi connectivity index (χ2n) is 7.03. The van der Waals surface area contributed by atoms with Crippen molar-refractivity contribution in [2.24, 2.45) is 0 Å². The van der Waals surface area contributed by atoms with E-state index >= 15 is 0 Å². The first-order chi connectivity index (χ1) is 11.5. The molecule has 1 aromatic carbocycles. The lowest BCUT2D eigenvalue weighted by molar-refractivity contribution is -0.121. The number of piperidine rings is 1. The van der Waals surface area contributed by atoms with Gasteiger partial charge >= 0.3 is 0 Å². The van der Waals surface area contributed by atoms with Crippen molar-refractivity contribution in [3.63, 3.8) is 0 Å². The first-order valence-electron chi connectivity index (χ1n) is 8.82. The summed E-state index contributed by atoms with van der Waals surface area (Å²) in [4.78, 5) is 19.6. The molecule has 0 bridgehead atoms. The SMILES string of the molecule is Cc1nc2ccccc2c(C)c1CC(=O)N[C@H]1CCCN(C)[C@@H]1C. The Hall–Kier alpha value is -1.94. The Morgan fingerprint density at radius 1 is 1.33 bits per heavy atom. The molecule has 4 nitrogen and oxygen atoms in total. The Labute approximate surface area is 144 Å². The predicted octanol–water partition coefficient (Wildman–Crippen LogP) is 2.99. The van der Waals surface area contributed by atoms with Gasteiger partial charge in [-0.25, -0.2) is 0 Å². The number of benzene rings is 1. The van der Waals surface area contributed by atoms with Crippen molar-refractivity contribution in [3.8, 4) is 0 Å². The normalized spacial score (nSPS) is 21.8. The van der Waals surface area contributed by atoms with Gasteiger partial charge in [0.25, 0.3) is 0 Å². The number of para-hydroxylation sites is 1. The molecule has 1 aliphatic heterocycles. The van der Waals surface area contributed by atoms with E-state index in [1.807, 2.05) is 25.1 Å². The van der Waals surface area contributed by atoms with E-state index in [1.54, 1.807) is 0 Å². The smallest absolute Gasteiger partial charge is 0.224 e. The van der Waals surface area contributed by atoms with E-state index in [-0.39, 0.29) is 11.9 Å². The van der Waals surface area contributed by atoms with Crippen LogP contribution in [0.15, 0.2) is 24.3 Å². The molecule has 0 spiro atoms. The van der Waals surface area contributed by atoms with Gasteiger partial charge in [-0.15, -0.1) is 0 Å². The Morgan fingerprint density at radius 3 is 2.88 bits per heavy atom. The van der Waals surface area contributed by atoms with Crippen LogP contribution in [0, 0.1) is 13.8 Å². The summed E-state index contributed by atoms with van der Waals surface area (Å²) >= 11 is 0. The molecule has 0 saturated carbocycles. The number of carbonyl (C=O) groups is 1. The standard InChI is InChI=1S/C20H27N3O/c1-13-16-8-5-6-9-19(16)21-14(2)17(13)12-20(24)22-18-10-7-11-23(4)15(18)3/h5-6,8-9,15,18H,7,10-12H2,1-4H3,(H,22,24)/t15-,18+/m1/s1. The average Bonchev–Trinajstić information content (AvgIpc) is 2.56. The number of likely N-dealkylation sites (tertiary alicyclic amines) is 1. The highest BCUT2D eigenvalue weighted by molar-refractivity contribution is 5.86. The zero-order valence-corrected chi connectivity index (χ0v) is 15.1. The number of hydrogen-bond donors (Lipinski definition) is 1. The fraction of sp³-hybridized carbons (Fsp3) is 0.500. The van der Waals surface area contributed by atoms with Gasteiger partial charge in [-0.3, -0.25) is 9.78 Å². The molecule has 1 saturated heterocycles. The Bertz CT molecular complexity index is 756. The Kier molecular flexibility index (Phi) is 4.86. The van der Waals surface area contributed by atoms with Crippen LogP contribution in [0.2, 0.25) is 0 Å². The van der Waals surface area contributed by atoms with Crippen LogP contribution in [0.4, 0.5) is 0 Å². The summed E-state index contributed by atoms with van der Waals surface area (Å²) < 4.78 is 0. The first-order valence-corrected chi connectivity index (χ1v) is 8.82. The van der Waals surface area contributed by atoms with E-state index in [0.29, 0.717) is 12.5 Å². The molecule has 1 fully saturated rings. The maximum Gasteiger partial charge on any atom is 0.224 e. The summed E-state index contributed by atoms with van der Waals surface area (Å²) in [5.74, 6) is 0.102. The van der Waals surface area contributed by atoms with Gasteiger partial charge in [0, 0.05) is 23.2 Å². The quantitative estimate of drug-likeness (QED) is 0.943. The molecule has 0 radical (unpaired) electrons. The minimum atomic E-state index is 0.102. The van der Waals surface area contributed by atoms with E-state index in [9.17, 15) is 4.79 Å². The third-order valence-electron chi connectivity index (χ3n) is 5.47. The molecule has 1 N–H and O–H groups in total. The average molecular weight is 325 g/mol. The van der Waals surface area contributed by atoms with E-state index in [2.05, 4.69) is 42.2 Å². The van der Waals surface area contributed by atoms with Gasteiger partial charge in [-0.2, -0.15) is 0 Å². The van der Waals surface area contributed by atoms with Gasteiger partial charge in [0.15, 0.2) is 0 Å². The molecule has 24 heavy (non-hydrogen) atoms. The summed E-state index contributed by atoms with van der Waals surface area (Å²) in [5, 5.41) is 4.38. The molecule has 2 heterocycles. The van der Waals surface area contributed by atoms with E-state index in [0.717, 1.165) is 41.5 Å². The molecule has 1 aromatic heterocycles. The topological polar surface area (TPSA) is 45.2 Å². The summed E-state index contributed by atoms with van der Waals surface area (Å²) in [5.41, 5.74) is 4.18. The number of amides is 1. The van der Waals surface area contributed by atoms with Gasteiger partial charge in [0.1, 0.15) is 0 Å². The maximum absolute atomic E-state index is 12.6. The van der Waals surface area contributed by atoms with Crippen LogP contribution in [-0.2, 0) is 11.2 Å². The largest absolute Gasteiger partial charge is 0.352 e. The van der Waals surface area contributed by atoms with Crippen molar-refractivity contribution in [2.75, 3.05) is 13.6 Å². The molecule has 128 valence electrons. The second kappa shape index (κ2) is 6.89. The summed E-state index contributed by atoms with van der Waals surface area (Å²) in [6.45, 7) is 7.40. The van der Waals surface area contributed by atoms with Crippen LogP contribution < -0.4 is 5.32 Å². The molecule has 1 aliphatic rings. The van der Waals surface area contributed by atoms with Crippen LogP contribution >= 0.6 is 0 Å². The number of nitrogens with zero attached hydrogens (tertiary/aromatic N) is 2. The number of likely N-dealkylation sites (N-methyl/N-ethyl adjacent to an activating group) is 1. The molecular weight excluding hydrogens is 298 g/mol. The van der Waals surface area contributed by atoms with Crippen LogP contribution in [0.25, 0.3) is 10.9 Å². The van der Waals surface area contributed by atoms with Gasteiger partial charge in [0.05, 0.1) is 11.9 Å². The van der Waals surface area contributed by atoms with Crippen molar-refractivity contribution >= 4 is 16.8 Å². The van der Waals surface area contributed by atoms with Crippen molar-refractivity contribution in [3.05, 3.63) is 41.1 Å². The number of nitrogens with one attached hydrogen (secondary N) is 1. The lowest BCUT2D eigenvalue weighted by Crippen LogP contribution is -2.52. The van der Waals surface area contributed by atoms with Gasteiger partial charge < -0.3 is 10.2 Å². The molecule has 0 unspecified atom stereocenters. The third kappa shape index (κ3) is 3.29. The summed E-state index contributed by atoms with van der Waals surface area (Å²) in [6, 6.07) is 8.76. The first kappa shape index (κ1) is 16.9. The second-order valence-corrected chi connectivity index (χ2v) is 7.03. The highest BCUT2D eigenvalue weighted by atomic mass is 16.1. The molecular formula is C20H27N3O. The molecule has 2 aromatic rings. The van der Waals surface area contributed by atoms with Crippen molar-refractivity contribution in [2.45, 2.75) is 52.1 Å². The zero-order chi connectivity index (χ0) is 17.3. The molecule has 0 aliphatic carbocycles. The van der Waals surface area contributed by atoms with Crippen molar-refractivity contribution < 1.29 is 4.79 Å². The molecule has 4 heteroatoms. The number of carbonyl (C=O) groups excluding carboxylic acids is 1. The minimum absolute atomic E-state index is 0.102. The number of aromatic nitrogens is 1. The zero-order valence-electron chi connectivity index (χ0n) is 15.1. The molecule has 2 atom stereocenters. The van der Waals surface area contributed by atoms with Crippen LogP contribution in [-0.4, -0.2) is 41.5 Å². The predicted molar refractivity (Wildman–Crippen MR) is 98.2 cm³/mol. The molecule has 1 amide bonds. The number of pyridine rings is 1. The lowest BCUT2D eigenvalue weighted by atomic mass is 9.96. The summed E-state index contributed by atoms with van der Waals surface area (Å²) in [7, 11) is 2.13. The maximum atomic E-state index is 12.6. The van der Waals surface area contributed by atoms with Crippen LogP contribution in [0.3, 0.4) is 0 Å². The van der Waals surface area contributed by atoms with Crippen molar-refractivity contribution in [1.82, 2.24) is 15.2 Å². The monoisotopic (exact) mass is 325 g/mol. The Morgan fingerprint density at radius 2 is 2.08 bits per heavy atom. The lowest BCUT2D eigenvalue weighted by Gasteiger charge is -2.37. The van der Waals surface area contributed by atoms with E-state index in [4.69, 9.17) is 0 Å².